The lowest BCUT2D eigenvalue weighted by Crippen LogP contribution is -2.68. The minimum absolute atomic E-state index is 0.0829. The number of ether oxygens (including phenoxy) is 4. The zero-order valence-electron chi connectivity index (χ0n) is 19.9. The van der Waals surface area contributed by atoms with Crippen LogP contribution in [0.15, 0.2) is 0 Å². The molecule has 4 atom stereocenters. The molecule has 0 amide bonds. The van der Waals surface area contributed by atoms with Gasteiger partial charge in [0.25, 0.3) is 0 Å². The second-order valence-corrected chi connectivity index (χ2v) is 11.3. The Kier molecular flexibility index (Phi) is 6.09. The summed E-state index contributed by atoms with van der Waals surface area (Å²) in [5.74, 6) is -0.137. The molecule has 0 heterocycles. The van der Waals surface area contributed by atoms with E-state index in [9.17, 15) is 9.59 Å². The van der Waals surface area contributed by atoms with Crippen LogP contribution in [0.5, 0.6) is 0 Å². The molecule has 0 aromatic heterocycles. The minimum atomic E-state index is -0.578. The van der Waals surface area contributed by atoms with Gasteiger partial charge in [0.15, 0.2) is 0 Å². The summed E-state index contributed by atoms with van der Waals surface area (Å²) in [5.41, 5.74) is -2.47. The third kappa shape index (κ3) is 4.55. The molecule has 4 unspecified atom stereocenters. The van der Waals surface area contributed by atoms with Crippen molar-refractivity contribution in [2.24, 2.45) is 11.3 Å². The van der Waals surface area contributed by atoms with Crippen molar-refractivity contribution >= 4 is 11.9 Å². The summed E-state index contributed by atoms with van der Waals surface area (Å²) in [6.45, 7) is 11.6. The van der Waals surface area contributed by atoms with E-state index in [1.54, 1.807) is 7.11 Å². The molecule has 172 valence electrons. The van der Waals surface area contributed by atoms with Crippen LogP contribution in [0.3, 0.4) is 0 Å². The number of carbonyl (C=O) groups is 2. The van der Waals surface area contributed by atoms with E-state index in [0.717, 1.165) is 38.5 Å². The molecule has 6 nitrogen and oxygen atoms in total. The Labute approximate surface area is 181 Å². The van der Waals surface area contributed by atoms with Crippen molar-refractivity contribution in [3.05, 3.63) is 0 Å². The highest BCUT2D eigenvalue weighted by atomic mass is 16.6. The smallest absolute Gasteiger partial charge is 0.332 e. The first-order chi connectivity index (χ1) is 13.8. The standard InChI is InChI=1S/C24H40O6/c1-8-20(3,4)19(26)30-24-12-17-10-22(15-24,27-7)14-23(11-17,16-24)28-13-18(25)29-21(5,6)9-2/h17H,8-16H2,1-7H3. The Hall–Kier alpha value is -1.14. The molecule has 4 fully saturated rings. The second kappa shape index (κ2) is 7.77. The van der Waals surface area contributed by atoms with Crippen LogP contribution < -0.4 is 0 Å². The molecule has 4 saturated carbocycles. The van der Waals surface area contributed by atoms with E-state index in [1.807, 2.05) is 41.5 Å². The highest BCUT2D eigenvalue weighted by molar-refractivity contribution is 5.76. The van der Waals surface area contributed by atoms with Gasteiger partial charge in [-0.25, -0.2) is 4.79 Å². The first-order valence-corrected chi connectivity index (χ1v) is 11.5. The number of esters is 2. The van der Waals surface area contributed by atoms with Gasteiger partial charge in [0.2, 0.25) is 0 Å². The molecule has 0 spiro atoms. The van der Waals surface area contributed by atoms with Crippen LogP contribution >= 0.6 is 0 Å². The van der Waals surface area contributed by atoms with Gasteiger partial charge in [0, 0.05) is 26.4 Å². The molecule has 4 aliphatic rings. The quantitative estimate of drug-likeness (QED) is 0.505. The van der Waals surface area contributed by atoms with Crippen molar-refractivity contribution in [2.75, 3.05) is 13.7 Å². The maximum absolute atomic E-state index is 13.0. The Morgan fingerprint density at radius 3 is 2.07 bits per heavy atom. The lowest BCUT2D eigenvalue weighted by molar-refractivity contribution is -0.282. The normalized spacial score (nSPS) is 35.4. The van der Waals surface area contributed by atoms with Crippen LogP contribution in [0, 0.1) is 11.3 Å². The minimum Gasteiger partial charge on any atom is -0.458 e. The van der Waals surface area contributed by atoms with E-state index in [1.165, 1.54) is 0 Å². The molecule has 4 aliphatic carbocycles. The Balaban J connectivity index is 1.78. The summed E-state index contributed by atoms with van der Waals surface area (Å²) in [7, 11) is 1.74. The van der Waals surface area contributed by atoms with E-state index < -0.39 is 22.2 Å². The van der Waals surface area contributed by atoms with Crippen molar-refractivity contribution in [3.63, 3.8) is 0 Å². The largest absolute Gasteiger partial charge is 0.458 e. The summed E-state index contributed by atoms with van der Waals surface area (Å²) < 4.78 is 24.1. The van der Waals surface area contributed by atoms with Gasteiger partial charge >= 0.3 is 11.9 Å². The van der Waals surface area contributed by atoms with Crippen molar-refractivity contribution < 1.29 is 28.5 Å². The lowest BCUT2D eigenvalue weighted by atomic mass is 9.50. The van der Waals surface area contributed by atoms with E-state index in [4.69, 9.17) is 18.9 Å². The molecule has 0 radical (unpaired) electrons. The number of methoxy groups -OCH3 is 1. The molecule has 6 heteroatoms. The summed E-state index contributed by atoms with van der Waals surface area (Å²) in [6.07, 6.45) is 6.20. The van der Waals surface area contributed by atoms with Gasteiger partial charge in [0.1, 0.15) is 17.8 Å². The van der Waals surface area contributed by atoms with Crippen LogP contribution in [0.25, 0.3) is 0 Å². The lowest BCUT2D eigenvalue weighted by Gasteiger charge is -2.64. The van der Waals surface area contributed by atoms with Gasteiger partial charge in [-0.3, -0.25) is 4.79 Å². The van der Waals surface area contributed by atoms with Gasteiger partial charge in [-0.1, -0.05) is 13.8 Å². The first-order valence-electron chi connectivity index (χ1n) is 11.5. The van der Waals surface area contributed by atoms with Crippen LogP contribution in [-0.2, 0) is 28.5 Å². The summed E-state index contributed by atoms with van der Waals surface area (Å²) >= 11 is 0. The predicted octanol–water partition coefficient (Wildman–Crippen LogP) is 4.57. The predicted molar refractivity (Wildman–Crippen MR) is 113 cm³/mol. The van der Waals surface area contributed by atoms with E-state index in [-0.39, 0.29) is 24.1 Å². The van der Waals surface area contributed by atoms with E-state index >= 15 is 0 Å². The van der Waals surface area contributed by atoms with Crippen molar-refractivity contribution in [2.45, 2.75) is 115 Å². The molecule has 4 bridgehead atoms. The fraction of sp³-hybridized carbons (Fsp3) is 0.917. The molecule has 0 N–H and O–H groups in total. The van der Waals surface area contributed by atoms with Crippen LogP contribution in [0.4, 0.5) is 0 Å². The molecule has 0 aromatic carbocycles. The highest BCUT2D eigenvalue weighted by Gasteiger charge is 2.66. The second-order valence-electron chi connectivity index (χ2n) is 11.3. The zero-order valence-corrected chi connectivity index (χ0v) is 19.9. The topological polar surface area (TPSA) is 71.1 Å². The average molecular weight is 425 g/mol. The number of carbonyl (C=O) groups excluding carboxylic acids is 2. The molecule has 0 saturated heterocycles. The Morgan fingerprint density at radius 2 is 1.47 bits per heavy atom. The molecular formula is C24H40O6. The molecule has 0 aromatic rings. The molecule has 0 aliphatic heterocycles. The fourth-order valence-electron chi connectivity index (χ4n) is 5.78. The number of rotatable bonds is 9. The first kappa shape index (κ1) is 23.5. The van der Waals surface area contributed by atoms with Crippen LogP contribution in [-0.4, -0.2) is 48.1 Å². The molecular weight excluding hydrogens is 384 g/mol. The van der Waals surface area contributed by atoms with Gasteiger partial charge in [-0.15, -0.1) is 0 Å². The number of hydrogen-bond donors (Lipinski definition) is 0. The average Bonchev–Trinajstić information content (AvgIpc) is 2.65. The number of hydrogen-bond acceptors (Lipinski definition) is 6. The Bertz CT molecular complexity index is 685. The molecule has 4 rings (SSSR count). The van der Waals surface area contributed by atoms with Crippen molar-refractivity contribution in [1.29, 1.82) is 0 Å². The summed E-state index contributed by atoms with van der Waals surface area (Å²) in [4.78, 5) is 25.4. The maximum Gasteiger partial charge on any atom is 0.332 e. The maximum atomic E-state index is 13.0. The fourth-order valence-corrected chi connectivity index (χ4v) is 5.78. The van der Waals surface area contributed by atoms with Gasteiger partial charge in [0.05, 0.1) is 16.6 Å². The van der Waals surface area contributed by atoms with Crippen LogP contribution in [0.1, 0.15) is 92.9 Å². The summed E-state index contributed by atoms with van der Waals surface area (Å²) in [6, 6.07) is 0. The van der Waals surface area contributed by atoms with Crippen molar-refractivity contribution in [3.8, 4) is 0 Å². The van der Waals surface area contributed by atoms with E-state index in [0.29, 0.717) is 18.8 Å². The van der Waals surface area contributed by atoms with E-state index in [2.05, 4.69) is 0 Å². The SMILES string of the molecule is CCC(C)(C)OC(=O)COC12CC3CC(OC)(C1)CC(OC(=O)C(C)(C)CC)(C3)C2. The third-order valence-electron chi connectivity index (χ3n) is 7.83. The third-order valence-corrected chi connectivity index (χ3v) is 7.83. The van der Waals surface area contributed by atoms with Crippen molar-refractivity contribution in [1.82, 2.24) is 0 Å². The van der Waals surface area contributed by atoms with Gasteiger partial charge < -0.3 is 18.9 Å². The zero-order chi connectivity index (χ0) is 22.4. The summed E-state index contributed by atoms with van der Waals surface area (Å²) in [5, 5.41) is 0. The Morgan fingerprint density at radius 1 is 0.900 bits per heavy atom. The highest BCUT2D eigenvalue weighted by Crippen LogP contribution is 2.63. The molecule has 30 heavy (non-hydrogen) atoms. The van der Waals surface area contributed by atoms with Crippen LogP contribution in [0.2, 0.25) is 0 Å². The monoisotopic (exact) mass is 424 g/mol. The van der Waals surface area contributed by atoms with Gasteiger partial charge in [-0.2, -0.15) is 0 Å². The van der Waals surface area contributed by atoms with Gasteiger partial charge in [-0.05, 0) is 65.7 Å².